The van der Waals surface area contributed by atoms with E-state index in [0.29, 0.717) is 11.1 Å². The molecule has 1 atom stereocenters. The van der Waals surface area contributed by atoms with Crippen LogP contribution in [-0.4, -0.2) is 21.4 Å². The number of carbonyl (C=O) groups is 1. The van der Waals surface area contributed by atoms with Gasteiger partial charge in [0.1, 0.15) is 0 Å². The van der Waals surface area contributed by atoms with Crippen molar-refractivity contribution in [3.05, 3.63) is 51.2 Å². The van der Waals surface area contributed by atoms with Crippen LogP contribution < -0.4 is 10.0 Å². The minimum atomic E-state index is -3.61. The van der Waals surface area contributed by atoms with Crippen LogP contribution in [0.5, 0.6) is 0 Å². The fourth-order valence-corrected chi connectivity index (χ4v) is 4.04. The zero-order valence-corrected chi connectivity index (χ0v) is 15.1. The van der Waals surface area contributed by atoms with Gasteiger partial charge in [0.05, 0.1) is 10.9 Å². The third-order valence-electron chi connectivity index (χ3n) is 3.76. The number of carbonyl (C=O) groups excluding carboxylic acids is 1. The van der Waals surface area contributed by atoms with Crippen molar-refractivity contribution < 1.29 is 13.2 Å². The Kier molecular flexibility index (Phi) is 5.23. The fourth-order valence-electron chi connectivity index (χ4n) is 2.24. The molecule has 124 valence electrons. The van der Waals surface area contributed by atoms with Crippen LogP contribution in [0.3, 0.4) is 0 Å². The summed E-state index contributed by atoms with van der Waals surface area (Å²) in [6, 6.07) is 6.88. The molecule has 0 radical (unpaired) electrons. The second-order valence-electron chi connectivity index (χ2n) is 5.33. The number of nitrogens with one attached hydrogen (secondary N) is 2. The van der Waals surface area contributed by atoms with Crippen LogP contribution in [0.2, 0.25) is 0 Å². The monoisotopic (exact) mass is 352 g/mol. The highest BCUT2D eigenvalue weighted by atomic mass is 32.2. The van der Waals surface area contributed by atoms with Gasteiger partial charge in [-0.1, -0.05) is 6.07 Å². The summed E-state index contributed by atoms with van der Waals surface area (Å²) in [5.74, 6) is -0.290. The zero-order valence-electron chi connectivity index (χ0n) is 13.5. The summed E-state index contributed by atoms with van der Waals surface area (Å²) >= 11 is 1.56. The molecule has 1 amide bonds. The summed E-state index contributed by atoms with van der Waals surface area (Å²) in [5.41, 5.74) is 1.74. The lowest BCUT2D eigenvalue weighted by Crippen LogP contribution is -2.27. The van der Waals surface area contributed by atoms with Crippen molar-refractivity contribution in [3.8, 4) is 0 Å². The number of sulfonamides is 1. The highest BCUT2D eigenvalue weighted by Gasteiger charge is 2.20. The van der Waals surface area contributed by atoms with Crippen molar-refractivity contribution in [2.45, 2.75) is 31.7 Å². The van der Waals surface area contributed by atoms with Gasteiger partial charge in [-0.15, -0.1) is 11.3 Å². The Bertz CT molecular complexity index is 812. The van der Waals surface area contributed by atoms with E-state index in [0.717, 1.165) is 10.4 Å². The second kappa shape index (κ2) is 6.82. The predicted octanol–water partition coefficient (Wildman–Crippen LogP) is 2.76. The molecule has 23 heavy (non-hydrogen) atoms. The van der Waals surface area contributed by atoms with E-state index in [4.69, 9.17) is 0 Å². The first kappa shape index (κ1) is 17.7. The van der Waals surface area contributed by atoms with Gasteiger partial charge in [0.2, 0.25) is 10.0 Å². The highest BCUT2D eigenvalue weighted by Crippen LogP contribution is 2.22. The average Bonchev–Trinajstić information content (AvgIpc) is 3.03. The van der Waals surface area contributed by atoms with Gasteiger partial charge in [-0.25, -0.2) is 13.1 Å². The van der Waals surface area contributed by atoms with E-state index in [9.17, 15) is 13.2 Å². The number of aryl methyl sites for hydroxylation is 1. The lowest BCUT2D eigenvalue weighted by atomic mass is 10.1. The maximum Gasteiger partial charge on any atom is 0.251 e. The SMILES string of the molecule is CNS(=O)(=O)c1cc(C(=O)NC(C)c2cccs2)cc(C)c1C. The lowest BCUT2D eigenvalue weighted by molar-refractivity contribution is 0.0940. The Morgan fingerprint density at radius 3 is 2.52 bits per heavy atom. The van der Waals surface area contributed by atoms with Gasteiger partial charge in [0.25, 0.3) is 5.91 Å². The minimum Gasteiger partial charge on any atom is -0.345 e. The minimum absolute atomic E-state index is 0.131. The van der Waals surface area contributed by atoms with Crippen LogP contribution in [0, 0.1) is 13.8 Å². The van der Waals surface area contributed by atoms with Crippen LogP contribution in [0.25, 0.3) is 0 Å². The first-order valence-electron chi connectivity index (χ1n) is 7.15. The van der Waals surface area contributed by atoms with Gasteiger partial charge in [0, 0.05) is 10.4 Å². The molecule has 0 saturated carbocycles. The molecule has 7 heteroatoms. The van der Waals surface area contributed by atoms with Crippen molar-refractivity contribution in [2.24, 2.45) is 0 Å². The van der Waals surface area contributed by atoms with Crippen molar-refractivity contribution in [1.82, 2.24) is 10.0 Å². The molecule has 0 spiro atoms. The molecule has 0 bridgehead atoms. The fraction of sp³-hybridized carbons (Fsp3) is 0.312. The number of rotatable bonds is 5. The van der Waals surface area contributed by atoms with Crippen molar-refractivity contribution in [3.63, 3.8) is 0 Å². The van der Waals surface area contributed by atoms with Crippen molar-refractivity contribution in [2.75, 3.05) is 7.05 Å². The molecule has 0 aliphatic heterocycles. The largest absolute Gasteiger partial charge is 0.345 e. The molecule has 1 aromatic carbocycles. The van der Waals surface area contributed by atoms with Gasteiger partial charge < -0.3 is 5.32 Å². The third kappa shape index (κ3) is 3.80. The number of amides is 1. The van der Waals surface area contributed by atoms with E-state index in [2.05, 4.69) is 10.0 Å². The third-order valence-corrected chi connectivity index (χ3v) is 6.35. The van der Waals surface area contributed by atoms with Gasteiger partial charge in [0.15, 0.2) is 0 Å². The van der Waals surface area contributed by atoms with E-state index in [1.54, 1.807) is 31.3 Å². The molecule has 5 nitrogen and oxygen atoms in total. The number of thiophene rings is 1. The van der Waals surface area contributed by atoms with Crippen LogP contribution in [0.1, 0.15) is 39.3 Å². The van der Waals surface area contributed by atoms with Gasteiger partial charge in [-0.05, 0) is 62.5 Å². The maximum atomic E-state index is 12.5. The summed E-state index contributed by atoms with van der Waals surface area (Å²) in [7, 11) is -2.25. The maximum absolute atomic E-state index is 12.5. The second-order valence-corrected chi connectivity index (χ2v) is 8.17. The van der Waals surface area contributed by atoms with Crippen LogP contribution >= 0.6 is 11.3 Å². The van der Waals surface area contributed by atoms with Crippen molar-refractivity contribution >= 4 is 27.3 Å². The number of hydrogen-bond donors (Lipinski definition) is 2. The van der Waals surface area contributed by atoms with E-state index >= 15 is 0 Å². The Balaban J connectivity index is 2.35. The first-order chi connectivity index (χ1) is 10.8. The highest BCUT2D eigenvalue weighted by molar-refractivity contribution is 7.89. The van der Waals surface area contributed by atoms with Crippen LogP contribution in [-0.2, 0) is 10.0 Å². The molecule has 0 aliphatic carbocycles. The normalized spacial score (nSPS) is 12.9. The Morgan fingerprint density at radius 2 is 1.96 bits per heavy atom. The molecule has 2 rings (SSSR count). The van der Waals surface area contributed by atoms with E-state index in [1.165, 1.54) is 13.1 Å². The van der Waals surface area contributed by atoms with Gasteiger partial charge >= 0.3 is 0 Å². The number of benzene rings is 1. The quantitative estimate of drug-likeness (QED) is 0.869. The van der Waals surface area contributed by atoms with Gasteiger partial charge in [-0.2, -0.15) is 0 Å². The molecular formula is C16H20N2O3S2. The summed E-state index contributed by atoms with van der Waals surface area (Å²) in [6.45, 7) is 5.43. The molecular weight excluding hydrogens is 332 g/mol. The predicted molar refractivity (Wildman–Crippen MR) is 92.4 cm³/mol. The standard InChI is InChI=1S/C16H20N2O3S2/c1-10-8-13(9-15(11(10)2)23(20,21)17-4)16(19)18-12(3)14-6-5-7-22-14/h5-9,12,17H,1-4H3,(H,18,19). The molecule has 2 aromatic rings. The Labute approximate surface area is 140 Å². The van der Waals surface area contributed by atoms with E-state index in [-0.39, 0.29) is 16.8 Å². The zero-order chi connectivity index (χ0) is 17.2. The van der Waals surface area contributed by atoms with Crippen LogP contribution in [0.4, 0.5) is 0 Å². The summed E-state index contributed by atoms with van der Waals surface area (Å²) in [4.78, 5) is 13.6. The first-order valence-corrected chi connectivity index (χ1v) is 9.51. The Morgan fingerprint density at radius 1 is 1.26 bits per heavy atom. The van der Waals surface area contributed by atoms with E-state index < -0.39 is 10.0 Å². The Hall–Kier alpha value is -1.70. The van der Waals surface area contributed by atoms with E-state index in [1.807, 2.05) is 24.4 Å². The molecule has 0 fully saturated rings. The molecule has 1 unspecified atom stereocenters. The molecule has 1 heterocycles. The average molecular weight is 352 g/mol. The van der Waals surface area contributed by atoms with Crippen LogP contribution in [0.15, 0.2) is 34.5 Å². The summed E-state index contributed by atoms with van der Waals surface area (Å²) in [5, 5.41) is 4.85. The summed E-state index contributed by atoms with van der Waals surface area (Å²) in [6.07, 6.45) is 0. The molecule has 0 aliphatic rings. The number of hydrogen-bond acceptors (Lipinski definition) is 4. The van der Waals surface area contributed by atoms with Gasteiger partial charge in [-0.3, -0.25) is 4.79 Å². The van der Waals surface area contributed by atoms with Crippen molar-refractivity contribution in [1.29, 1.82) is 0 Å². The summed E-state index contributed by atoms with van der Waals surface area (Å²) < 4.78 is 26.5. The molecule has 2 N–H and O–H groups in total. The smallest absolute Gasteiger partial charge is 0.251 e. The topological polar surface area (TPSA) is 75.3 Å². The molecule has 0 saturated heterocycles. The lowest BCUT2D eigenvalue weighted by Gasteiger charge is -2.15. The molecule has 1 aromatic heterocycles.